The number of rotatable bonds is 2. The summed E-state index contributed by atoms with van der Waals surface area (Å²) in [7, 11) is 2.23. The van der Waals surface area contributed by atoms with Crippen LogP contribution in [0.15, 0.2) is 24.3 Å². The van der Waals surface area contributed by atoms with Crippen LogP contribution in [0.5, 0.6) is 0 Å². The summed E-state index contributed by atoms with van der Waals surface area (Å²) in [5.74, 6) is 0. The van der Waals surface area contributed by atoms with E-state index in [2.05, 4.69) is 43.1 Å². The maximum Gasteiger partial charge on any atom is 0.0368 e. The second-order valence-electron chi connectivity index (χ2n) is 4.39. The van der Waals surface area contributed by atoms with Crippen molar-refractivity contribution in [2.45, 2.75) is 38.6 Å². The van der Waals surface area contributed by atoms with Crippen LogP contribution in [0, 0.1) is 6.92 Å². The highest BCUT2D eigenvalue weighted by Crippen LogP contribution is 2.27. The second-order valence-corrected chi connectivity index (χ2v) is 4.39. The SMILES string of the molecule is Cc1cccc(N(C)C2CCCC2)c1. The van der Waals surface area contributed by atoms with Gasteiger partial charge in [-0.25, -0.2) is 0 Å². The fraction of sp³-hybridized carbons (Fsp3) is 0.538. The Morgan fingerprint density at radius 3 is 2.57 bits per heavy atom. The molecular formula is C13H19N. The molecular weight excluding hydrogens is 170 g/mol. The molecule has 0 bridgehead atoms. The van der Waals surface area contributed by atoms with E-state index >= 15 is 0 Å². The molecule has 0 N–H and O–H groups in total. The summed E-state index contributed by atoms with van der Waals surface area (Å²) in [6, 6.07) is 9.57. The lowest BCUT2D eigenvalue weighted by Crippen LogP contribution is -2.28. The van der Waals surface area contributed by atoms with E-state index in [4.69, 9.17) is 0 Å². The first kappa shape index (κ1) is 9.57. The van der Waals surface area contributed by atoms with Crippen molar-refractivity contribution >= 4 is 5.69 Å². The Morgan fingerprint density at radius 2 is 1.93 bits per heavy atom. The number of benzene rings is 1. The van der Waals surface area contributed by atoms with Crippen LogP contribution in [0.4, 0.5) is 5.69 Å². The van der Waals surface area contributed by atoms with E-state index in [1.807, 2.05) is 0 Å². The Morgan fingerprint density at radius 1 is 1.21 bits per heavy atom. The molecule has 1 aliphatic rings. The first-order chi connectivity index (χ1) is 6.77. The Bertz CT molecular complexity index is 300. The first-order valence-electron chi connectivity index (χ1n) is 5.57. The number of hydrogen-bond donors (Lipinski definition) is 0. The average Bonchev–Trinajstić information content (AvgIpc) is 2.69. The molecule has 0 unspecified atom stereocenters. The zero-order chi connectivity index (χ0) is 9.97. The fourth-order valence-electron chi connectivity index (χ4n) is 2.35. The Balaban J connectivity index is 2.13. The van der Waals surface area contributed by atoms with Gasteiger partial charge in [-0.15, -0.1) is 0 Å². The monoisotopic (exact) mass is 189 g/mol. The Hall–Kier alpha value is -0.980. The molecule has 0 saturated heterocycles. The minimum absolute atomic E-state index is 0.775. The minimum Gasteiger partial charge on any atom is -0.372 e. The minimum atomic E-state index is 0.775. The topological polar surface area (TPSA) is 3.24 Å². The van der Waals surface area contributed by atoms with Crippen molar-refractivity contribution in [3.63, 3.8) is 0 Å². The molecule has 1 aromatic carbocycles. The molecule has 0 amide bonds. The number of anilines is 1. The molecule has 0 radical (unpaired) electrons. The molecule has 2 rings (SSSR count). The van der Waals surface area contributed by atoms with Crippen molar-refractivity contribution in [2.24, 2.45) is 0 Å². The van der Waals surface area contributed by atoms with Crippen LogP contribution in [0.3, 0.4) is 0 Å². The standard InChI is InChI=1S/C13H19N/c1-11-6-5-9-13(10-11)14(2)12-7-3-4-8-12/h5-6,9-10,12H,3-4,7-8H2,1-2H3. The third-order valence-electron chi connectivity index (χ3n) is 3.28. The first-order valence-corrected chi connectivity index (χ1v) is 5.57. The maximum absolute atomic E-state index is 2.44. The summed E-state index contributed by atoms with van der Waals surface area (Å²) in [6.45, 7) is 2.16. The van der Waals surface area contributed by atoms with E-state index in [9.17, 15) is 0 Å². The molecule has 0 heterocycles. The van der Waals surface area contributed by atoms with Gasteiger partial charge in [-0.05, 0) is 37.5 Å². The lowest BCUT2D eigenvalue weighted by atomic mass is 10.1. The van der Waals surface area contributed by atoms with Gasteiger partial charge < -0.3 is 4.90 Å². The molecule has 0 aliphatic heterocycles. The van der Waals surface area contributed by atoms with Crippen LogP contribution in [-0.2, 0) is 0 Å². The van der Waals surface area contributed by atoms with Crippen molar-refractivity contribution in [1.82, 2.24) is 0 Å². The van der Waals surface area contributed by atoms with Crippen LogP contribution in [-0.4, -0.2) is 13.1 Å². The number of aryl methyl sites for hydroxylation is 1. The summed E-state index contributed by atoms with van der Waals surface area (Å²) in [5, 5.41) is 0. The van der Waals surface area contributed by atoms with Gasteiger partial charge in [0.25, 0.3) is 0 Å². The van der Waals surface area contributed by atoms with E-state index in [1.165, 1.54) is 36.9 Å². The van der Waals surface area contributed by atoms with Gasteiger partial charge in [0, 0.05) is 18.8 Å². The molecule has 1 nitrogen and oxygen atoms in total. The Kier molecular flexibility index (Phi) is 2.76. The number of nitrogens with zero attached hydrogens (tertiary/aromatic N) is 1. The van der Waals surface area contributed by atoms with Crippen LogP contribution >= 0.6 is 0 Å². The normalized spacial score (nSPS) is 17.3. The van der Waals surface area contributed by atoms with Crippen molar-refractivity contribution in [1.29, 1.82) is 0 Å². The van der Waals surface area contributed by atoms with Crippen molar-refractivity contribution in [2.75, 3.05) is 11.9 Å². The lowest BCUT2D eigenvalue weighted by molar-refractivity contribution is 0.653. The van der Waals surface area contributed by atoms with Gasteiger partial charge >= 0.3 is 0 Å². The Labute approximate surface area is 86.7 Å². The second kappa shape index (κ2) is 4.04. The molecule has 1 heteroatoms. The molecule has 0 atom stereocenters. The molecule has 14 heavy (non-hydrogen) atoms. The van der Waals surface area contributed by atoms with Gasteiger partial charge in [0.2, 0.25) is 0 Å². The smallest absolute Gasteiger partial charge is 0.0368 e. The summed E-state index contributed by atoms with van der Waals surface area (Å²) in [6.07, 6.45) is 5.54. The van der Waals surface area contributed by atoms with E-state index < -0.39 is 0 Å². The van der Waals surface area contributed by atoms with Crippen LogP contribution < -0.4 is 4.90 Å². The van der Waals surface area contributed by atoms with Gasteiger partial charge in [0.15, 0.2) is 0 Å². The van der Waals surface area contributed by atoms with E-state index in [1.54, 1.807) is 0 Å². The van der Waals surface area contributed by atoms with Gasteiger partial charge in [-0.3, -0.25) is 0 Å². The van der Waals surface area contributed by atoms with Gasteiger partial charge in [-0.2, -0.15) is 0 Å². The highest BCUT2D eigenvalue weighted by Gasteiger charge is 2.19. The predicted octanol–water partition coefficient (Wildman–Crippen LogP) is 3.37. The summed E-state index contributed by atoms with van der Waals surface area (Å²) >= 11 is 0. The maximum atomic E-state index is 2.44. The highest BCUT2D eigenvalue weighted by molar-refractivity contribution is 5.48. The fourth-order valence-corrected chi connectivity index (χ4v) is 2.35. The third kappa shape index (κ3) is 1.92. The van der Waals surface area contributed by atoms with Crippen molar-refractivity contribution in [3.8, 4) is 0 Å². The highest BCUT2D eigenvalue weighted by atomic mass is 15.1. The predicted molar refractivity (Wildman–Crippen MR) is 61.8 cm³/mol. The molecule has 76 valence electrons. The van der Waals surface area contributed by atoms with E-state index in [0.29, 0.717) is 0 Å². The van der Waals surface area contributed by atoms with Crippen LogP contribution in [0.2, 0.25) is 0 Å². The average molecular weight is 189 g/mol. The molecule has 0 spiro atoms. The molecule has 0 aromatic heterocycles. The molecule has 1 saturated carbocycles. The summed E-state index contributed by atoms with van der Waals surface area (Å²) < 4.78 is 0. The van der Waals surface area contributed by atoms with Crippen LogP contribution in [0.25, 0.3) is 0 Å². The third-order valence-corrected chi connectivity index (χ3v) is 3.28. The zero-order valence-corrected chi connectivity index (χ0v) is 9.16. The summed E-state index contributed by atoms with van der Waals surface area (Å²) in [5.41, 5.74) is 2.73. The molecule has 1 aromatic rings. The lowest BCUT2D eigenvalue weighted by Gasteiger charge is -2.26. The largest absolute Gasteiger partial charge is 0.372 e. The van der Waals surface area contributed by atoms with Crippen molar-refractivity contribution in [3.05, 3.63) is 29.8 Å². The van der Waals surface area contributed by atoms with Gasteiger partial charge in [0.1, 0.15) is 0 Å². The summed E-state index contributed by atoms with van der Waals surface area (Å²) in [4.78, 5) is 2.44. The van der Waals surface area contributed by atoms with Gasteiger partial charge in [-0.1, -0.05) is 25.0 Å². The molecule has 1 aliphatic carbocycles. The van der Waals surface area contributed by atoms with E-state index in [-0.39, 0.29) is 0 Å². The van der Waals surface area contributed by atoms with Crippen LogP contribution in [0.1, 0.15) is 31.2 Å². The quantitative estimate of drug-likeness (QED) is 0.689. The van der Waals surface area contributed by atoms with Crippen molar-refractivity contribution < 1.29 is 0 Å². The zero-order valence-electron chi connectivity index (χ0n) is 9.16. The number of hydrogen-bond acceptors (Lipinski definition) is 1. The molecule has 1 fully saturated rings. The van der Waals surface area contributed by atoms with E-state index in [0.717, 1.165) is 6.04 Å². The van der Waals surface area contributed by atoms with Gasteiger partial charge in [0.05, 0.1) is 0 Å².